The van der Waals surface area contributed by atoms with Crippen LogP contribution in [0.25, 0.3) is 0 Å². The summed E-state index contributed by atoms with van der Waals surface area (Å²) in [6.07, 6.45) is 8.08. The van der Waals surface area contributed by atoms with Gasteiger partial charge in [-0.15, -0.1) is 0 Å². The lowest BCUT2D eigenvalue weighted by molar-refractivity contribution is -0.885. The molecule has 0 fully saturated rings. The smallest absolute Gasteiger partial charge is 0.279 e. The van der Waals surface area contributed by atoms with E-state index in [1.807, 2.05) is 32.2 Å². The molecule has 0 aliphatic heterocycles. The minimum Gasteiger partial charge on any atom is -0.497 e. The van der Waals surface area contributed by atoms with E-state index in [1.165, 1.54) is 18.4 Å². The maximum Gasteiger partial charge on any atom is 0.279 e. The molecule has 0 bridgehead atoms. The fourth-order valence-corrected chi connectivity index (χ4v) is 3.17. The molecule has 3 N–H and O–H groups in total. The summed E-state index contributed by atoms with van der Waals surface area (Å²) >= 11 is 0. The topological polar surface area (TPSA) is 71.9 Å². The van der Waals surface area contributed by atoms with Gasteiger partial charge in [-0.3, -0.25) is 9.59 Å². The van der Waals surface area contributed by atoms with Gasteiger partial charge in [0.1, 0.15) is 5.75 Å². The highest BCUT2D eigenvalue weighted by molar-refractivity contribution is 5.91. The molecule has 1 aliphatic carbocycles. The van der Waals surface area contributed by atoms with Crippen LogP contribution in [0.5, 0.6) is 5.75 Å². The molecule has 148 valence electrons. The molecule has 0 saturated carbocycles. The Kier molecular flexibility index (Phi) is 8.33. The molecule has 2 rings (SSSR count). The van der Waals surface area contributed by atoms with Gasteiger partial charge in [0.2, 0.25) is 0 Å². The molecule has 6 nitrogen and oxygen atoms in total. The number of quaternary nitrogens is 1. The molecule has 1 aromatic rings. The molecular weight excluding hydrogens is 342 g/mol. The van der Waals surface area contributed by atoms with Crippen molar-refractivity contribution in [3.05, 3.63) is 35.9 Å². The fraction of sp³-hybridized carbons (Fsp3) is 0.524. The number of benzene rings is 1. The van der Waals surface area contributed by atoms with Gasteiger partial charge < -0.3 is 20.3 Å². The summed E-state index contributed by atoms with van der Waals surface area (Å²) < 4.78 is 5.16. The number of carbonyl (C=O) groups excluding carboxylic acids is 2. The highest BCUT2D eigenvalue weighted by Crippen LogP contribution is 2.19. The first kappa shape index (κ1) is 21.0. The third-order valence-electron chi connectivity index (χ3n) is 5.06. The van der Waals surface area contributed by atoms with Gasteiger partial charge in [-0.2, -0.15) is 0 Å². The minimum atomic E-state index is -0.290. The van der Waals surface area contributed by atoms with Gasteiger partial charge in [0.25, 0.3) is 11.8 Å². The zero-order valence-corrected chi connectivity index (χ0v) is 16.6. The number of hydrogen-bond donors (Lipinski definition) is 3. The zero-order chi connectivity index (χ0) is 19.6. The third-order valence-corrected chi connectivity index (χ3v) is 5.06. The maximum atomic E-state index is 12.3. The summed E-state index contributed by atoms with van der Waals surface area (Å²) in [5.41, 5.74) is 2.14. The molecule has 0 aromatic heterocycles. The average Bonchev–Trinajstić information content (AvgIpc) is 2.68. The zero-order valence-electron chi connectivity index (χ0n) is 16.6. The van der Waals surface area contributed by atoms with Gasteiger partial charge in [-0.25, -0.2) is 0 Å². The summed E-state index contributed by atoms with van der Waals surface area (Å²) in [7, 11) is 3.45. The lowest BCUT2D eigenvalue weighted by Crippen LogP contribution is -3.15. The maximum absolute atomic E-state index is 12.3. The van der Waals surface area contributed by atoms with Crippen molar-refractivity contribution in [2.75, 3.05) is 32.6 Å². The second-order valence-corrected chi connectivity index (χ2v) is 7.17. The number of rotatable bonds is 9. The Morgan fingerprint density at radius 1 is 1.30 bits per heavy atom. The van der Waals surface area contributed by atoms with Gasteiger partial charge in [-0.1, -0.05) is 17.7 Å². The Labute approximate surface area is 162 Å². The molecule has 2 amide bonds. The van der Waals surface area contributed by atoms with Crippen LogP contribution in [-0.2, 0) is 9.59 Å². The van der Waals surface area contributed by atoms with Gasteiger partial charge in [0.05, 0.1) is 14.2 Å². The number of anilines is 1. The lowest BCUT2D eigenvalue weighted by atomic mass is 9.97. The number of carbonyl (C=O) groups is 2. The Bertz CT molecular complexity index is 672. The largest absolute Gasteiger partial charge is 0.497 e. The summed E-state index contributed by atoms with van der Waals surface area (Å²) in [5, 5.41) is 5.85. The summed E-state index contributed by atoms with van der Waals surface area (Å²) in [6, 6.07) is 6.93. The SMILES string of the molecule is COc1cccc(NC(=O)C[NH+](C)[C@H](C)C(=O)NCCC2=CCCCC2)c1. The molecule has 0 saturated heterocycles. The van der Waals surface area contributed by atoms with Crippen molar-refractivity contribution in [3.63, 3.8) is 0 Å². The van der Waals surface area contributed by atoms with Crippen LogP contribution in [0.3, 0.4) is 0 Å². The van der Waals surface area contributed by atoms with Gasteiger partial charge in [0, 0.05) is 18.3 Å². The predicted molar refractivity (Wildman–Crippen MR) is 107 cm³/mol. The number of hydrogen-bond acceptors (Lipinski definition) is 3. The number of nitrogens with one attached hydrogen (secondary N) is 3. The van der Waals surface area contributed by atoms with Crippen LogP contribution >= 0.6 is 0 Å². The molecule has 0 spiro atoms. The van der Waals surface area contributed by atoms with Crippen molar-refractivity contribution >= 4 is 17.5 Å². The molecule has 2 atom stereocenters. The van der Waals surface area contributed by atoms with Crippen LogP contribution in [0.4, 0.5) is 5.69 Å². The van der Waals surface area contributed by atoms with Crippen LogP contribution < -0.4 is 20.3 Å². The number of amides is 2. The normalized spacial score (nSPS) is 16.0. The van der Waals surface area contributed by atoms with Crippen molar-refractivity contribution in [1.29, 1.82) is 0 Å². The Morgan fingerprint density at radius 3 is 2.81 bits per heavy atom. The second-order valence-electron chi connectivity index (χ2n) is 7.17. The van der Waals surface area contributed by atoms with Crippen molar-refractivity contribution in [2.24, 2.45) is 0 Å². The average molecular weight is 375 g/mol. The molecule has 1 aromatic carbocycles. The van der Waals surface area contributed by atoms with E-state index in [0.29, 0.717) is 18.0 Å². The predicted octanol–water partition coefficient (Wildman–Crippen LogP) is 1.54. The number of ether oxygens (including phenoxy) is 1. The van der Waals surface area contributed by atoms with Gasteiger partial charge in [0.15, 0.2) is 12.6 Å². The van der Waals surface area contributed by atoms with E-state index in [4.69, 9.17) is 4.74 Å². The third kappa shape index (κ3) is 7.06. The molecule has 0 heterocycles. The van der Waals surface area contributed by atoms with Crippen molar-refractivity contribution < 1.29 is 19.2 Å². The van der Waals surface area contributed by atoms with Crippen LogP contribution in [0, 0.1) is 0 Å². The van der Waals surface area contributed by atoms with E-state index in [2.05, 4.69) is 16.7 Å². The van der Waals surface area contributed by atoms with Crippen molar-refractivity contribution in [2.45, 2.75) is 45.1 Å². The molecule has 0 radical (unpaired) electrons. The molecule has 27 heavy (non-hydrogen) atoms. The van der Waals surface area contributed by atoms with E-state index in [1.54, 1.807) is 13.2 Å². The summed E-state index contributed by atoms with van der Waals surface area (Å²) in [6.45, 7) is 2.73. The Balaban J connectivity index is 1.74. The highest BCUT2D eigenvalue weighted by atomic mass is 16.5. The standard InChI is InChI=1S/C21H31N3O3/c1-16(21(26)22-13-12-17-8-5-4-6-9-17)24(2)15-20(25)23-18-10-7-11-19(14-18)27-3/h7-8,10-11,14,16H,4-6,9,12-13,15H2,1-3H3,(H,22,26)(H,23,25)/p+1/t16-/m1/s1. The van der Waals surface area contributed by atoms with Crippen molar-refractivity contribution in [3.8, 4) is 5.75 Å². The van der Waals surface area contributed by atoms with E-state index < -0.39 is 0 Å². The second kappa shape index (κ2) is 10.7. The summed E-state index contributed by atoms with van der Waals surface area (Å²) in [4.78, 5) is 25.5. The van der Waals surface area contributed by atoms with Crippen LogP contribution in [0.15, 0.2) is 35.9 Å². The minimum absolute atomic E-state index is 0.0157. The van der Waals surface area contributed by atoms with Crippen LogP contribution in [0.1, 0.15) is 39.0 Å². The molecule has 1 aliphatic rings. The highest BCUT2D eigenvalue weighted by Gasteiger charge is 2.23. The first-order valence-electron chi connectivity index (χ1n) is 9.71. The monoisotopic (exact) mass is 374 g/mol. The van der Waals surface area contributed by atoms with E-state index in [0.717, 1.165) is 24.2 Å². The van der Waals surface area contributed by atoms with Crippen LogP contribution in [-0.4, -0.2) is 45.1 Å². The van der Waals surface area contributed by atoms with E-state index in [9.17, 15) is 9.59 Å². The van der Waals surface area contributed by atoms with E-state index >= 15 is 0 Å². The first-order valence-corrected chi connectivity index (χ1v) is 9.71. The molecule has 6 heteroatoms. The summed E-state index contributed by atoms with van der Waals surface area (Å²) in [5.74, 6) is 0.542. The molecule has 1 unspecified atom stereocenters. The van der Waals surface area contributed by atoms with Crippen molar-refractivity contribution in [1.82, 2.24) is 5.32 Å². The van der Waals surface area contributed by atoms with Gasteiger partial charge in [-0.05, 0) is 51.2 Å². The quantitative estimate of drug-likeness (QED) is 0.574. The number of allylic oxidation sites excluding steroid dienone is 1. The van der Waals surface area contributed by atoms with E-state index in [-0.39, 0.29) is 24.4 Å². The fourth-order valence-electron chi connectivity index (χ4n) is 3.17. The lowest BCUT2D eigenvalue weighted by Gasteiger charge is -2.21. The molecular formula is C21H32N3O3+. The number of methoxy groups -OCH3 is 1. The Hall–Kier alpha value is -2.34. The first-order chi connectivity index (χ1) is 13.0. The van der Waals surface area contributed by atoms with Crippen LogP contribution in [0.2, 0.25) is 0 Å². The van der Waals surface area contributed by atoms with Gasteiger partial charge >= 0.3 is 0 Å². The Morgan fingerprint density at radius 2 is 2.11 bits per heavy atom. The number of likely N-dealkylation sites (N-methyl/N-ethyl adjacent to an activating group) is 1.